The van der Waals surface area contributed by atoms with Gasteiger partial charge in [-0.2, -0.15) is 0 Å². The number of likely N-dealkylation sites (N-methyl/N-ethyl adjacent to an activating group) is 1. The van der Waals surface area contributed by atoms with Crippen LogP contribution in [0, 0.1) is 11.8 Å². The molecule has 2 aliphatic carbocycles. The van der Waals surface area contributed by atoms with E-state index in [4.69, 9.17) is 0 Å². The van der Waals surface area contributed by atoms with Crippen molar-refractivity contribution in [3.63, 3.8) is 0 Å². The van der Waals surface area contributed by atoms with E-state index in [0.717, 1.165) is 31.6 Å². The first-order valence-electron chi connectivity index (χ1n) is 7.80. The third kappa shape index (κ3) is 2.69. The maximum atomic E-state index is 12.6. The average Bonchev–Trinajstić information content (AvgIpc) is 2.79. The minimum absolute atomic E-state index is 0.148. The second kappa shape index (κ2) is 5.96. The van der Waals surface area contributed by atoms with Crippen LogP contribution in [-0.4, -0.2) is 52.9 Å². The van der Waals surface area contributed by atoms with Crippen molar-refractivity contribution in [1.29, 1.82) is 0 Å². The molecule has 4 nitrogen and oxygen atoms in total. The lowest BCUT2D eigenvalue weighted by Crippen LogP contribution is -2.51. The quantitative estimate of drug-likeness (QED) is 0.796. The molecule has 2 saturated carbocycles. The first-order valence-corrected chi connectivity index (χ1v) is 8.95. The van der Waals surface area contributed by atoms with Gasteiger partial charge in [-0.05, 0) is 31.6 Å². The molecule has 0 N–H and O–H groups in total. The van der Waals surface area contributed by atoms with Gasteiger partial charge < -0.3 is 9.80 Å². The largest absolute Gasteiger partial charge is 0.344 e. The minimum Gasteiger partial charge on any atom is -0.344 e. The van der Waals surface area contributed by atoms with Gasteiger partial charge in [0.05, 0.1) is 5.88 Å². The third-order valence-corrected chi connectivity index (χ3v) is 6.05. The molecule has 3 aliphatic rings. The topological polar surface area (TPSA) is 40.6 Å². The highest BCUT2D eigenvalue weighted by Gasteiger charge is 2.40. The zero-order chi connectivity index (χ0) is 14.1. The lowest BCUT2D eigenvalue weighted by molar-refractivity contribution is -0.146. The van der Waals surface area contributed by atoms with E-state index in [-0.39, 0.29) is 23.8 Å². The second-order valence-corrected chi connectivity index (χ2v) is 7.47. The van der Waals surface area contributed by atoms with Gasteiger partial charge in [-0.3, -0.25) is 9.59 Å². The molecule has 0 spiro atoms. The number of carbonyl (C=O) groups is 2. The van der Waals surface area contributed by atoms with Crippen LogP contribution in [0.2, 0.25) is 0 Å². The van der Waals surface area contributed by atoms with Crippen LogP contribution in [0.4, 0.5) is 0 Å². The first-order chi connectivity index (χ1) is 9.66. The van der Waals surface area contributed by atoms with Crippen LogP contribution < -0.4 is 0 Å². The fourth-order valence-electron chi connectivity index (χ4n) is 3.16. The van der Waals surface area contributed by atoms with E-state index < -0.39 is 0 Å². The SMILES string of the molecule is CN(CC1CCC1)C(=O)[C@H]1CSCN1C(=O)C1CCC1. The zero-order valence-electron chi connectivity index (χ0n) is 12.2. The third-order valence-electron chi connectivity index (χ3n) is 5.04. The summed E-state index contributed by atoms with van der Waals surface area (Å²) in [6, 6.07) is -0.210. The van der Waals surface area contributed by atoms with Crippen molar-refractivity contribution in [2.75, 3.05) is 25.2 Å². The molecule has 0 radical (unpaired) electrons. The Morgan fingerprint density at radius 3 is 2.45 bits per heavy atom. The van der Waals surface area contributed by atoms with Crippen LogP contribution in [0.3, 0.4) is 0 Å². The number of thioether (sulfide) groups is 1. The number of rotatable bonds is 4. The van der Waals surface area contributed by atoms with Gasteiger partial charge in [0.2, 0.25) is 11.8 Å². The Balaban J connectivity index is 1.58. The van der Waals surface area contributed by atoms with Gasteiger partial charge in [-0.25, -0.2) is 0 Å². The zero-order valence-corrected chi connectivity index (χ0v) is 13.0. The fourth-order valence-corrected chi connectivity index (χ4v) is 4.32. The molecule has 1 atom stereocenters. The van der Waals surface area contributed by atoms with Crippen molar-refractivity contribution in [2.24, 2.45) is 11.8 Å². The van der Waals surface area contributed by atoms with E-state index in [1.54, 1.807) is 11.8 Å². The van der Waals surface area contributed by atoms with E-state index in [9.17, 15) is 9.59 Å². The molecule has 0 aromatic rings. The van der Waals surface area contributed by atoms with Crippen molar-refractivity contribution < 1.29 is 9.59 Å². The molecule has 5 heteroatoms. The van der Waals surface area contributed by atoms with Gasteiger partial charge in [0.25, 0.3) is 0 Å². The van der Waals surface area contributed by atoms with E-state index >= 15 is 0 Å². The fraction of sp³-hybridized carbons (Fsp3) is 0.867. The molecular formula is C15H24N2O2S. The summed E-state index contributed by atoms with van der Waals surface area (Å²) in [4.78, 5) is 28.7. The van der Waals surface area contributed by atoms with Crippen LogP contribution >= 0.6 is 11.8 Å². The van der Waals surface area contributed by atoms with E-state index in [1.165, 1.54) is 19.3 Å². The molecule has 0 unspecified atom stereocenters. The molecule has 112 valence electrons. The molecule has 0 bridgehead atoms. The Hall–Kier alpha value is -0.710. The summed E-state index contributed by atoms with van der Waals surface area (Å²) in [5, 5.41) is 0. The van der Waals surface area contributed by atoms with Crippen LogP contribution in [0.25, 0.3) is 0 Å². The molecule has 1 saturated heterocycles. The van der Waals surface area contributed by atoms with Crippen LogP contribution in [0.15, 0.2) is 0 Å². The maximum Gasteiger partial charge on any atom is 0.246 e. The van der Waals surface area contributed by atoms with Crippen LogP contribution in [0.5, 0.6) is 0 Å². The second-order valence-electron chi connectivity index (χ2n) is 6.47. The number of amides is 2. The Labute approximate surface area is 125 Å². The van der Waals surface area contributed by atoms with Crippen LogP contribution in [0.1, 0.15) is 38.5 Å². The number of carbonyl (C=O) groups excluding carboxylic acids is 2. The molecule has 0 aromatic heterocycles. The van der Waals surface area contributed by atoms with Crippen molar-refractivity contribution >= 4 is 23.6 Å². The van der Waals surface area contributed by atoms with E-state index in [2.05, 4.69) is 0 Å². The lowest BCUT2D eigenvalue weighted by atomic mass is 9.84. The maximum absolute atomic E-state index is 12.6. The highest BCUT2D eigenvalue weighted by Crippen LogP contribution is 2.33. The van der Waals surface area contributed by atoms with Crippen LogP contribution in [-0.2, 0) is 9.59 Å². The van der Waals surface area contributed by atoms with Gasteiger partial charge in [0, 0.05) is 25.3 Å². The monoisotopic (exact) mass is 296 g/mol. The molecule has 3 rings (SSSR count). The summed E-state index contributed by atoms with van der Waals surface area (Å²) in [6.45, 7) is 0.867. The van der Waals surface area contributed by atoms with Crippen molar-refractivity contribution in [3.05, 3.63) is 0 Å². The molecule has 3 fully saturated rings. The van der Waals surface area contributed by atoms with Gasteiger partial charge in [-0.15, -0.1) is 11.8 Å². The molecular weight excluding hydrogens is 272 g/mol. The molecule has 2 amide bonds. The van der Waals surface area contributed by atoms with Gasteiger partial charge in [0.15, 0.2) is 0 Å². The highest BCUT2D eigenvalue weighted by atomic mass is 32.2. The molecule has 0 aromatic carbocycles. The Morgan fingerprint density at radius 2 is 1.90 bits per heavy atom. The van der Waals surface area contributed by atoms with E-state index in [0.29, 0.717) is 11.8 Å². The Bertz CT molecular complexity index is 393. The van der Waals surface area contributed by atoms with Crippen molar-refractivity contribution in [3.8, 4) is 0 Å². The summed E-state index contributed by atoms with van der Waals surface area (Å²) in [7, 11) is 1.90. The van der Waals surface area contributed by atoms with Gasteiger partial charge >= 0.3 is 0 Å². The summed E-state index contributed by atoms with van der Waals surface area (Å²) in [6.07, 6.45) is 7.00. The van der Waals surface area contributed by atoms with Gasteiger partial charge in [0.1, 0.15) is 6.04 Å². The van der Waals surface area contributed by atoms with Crippen molar-refractivity contribution in [1.82, 2.24) is 9.80 Å². The van der Waals surface area contributed by atoms with Gasteiger partial charge in [-0.1, -0.05) is 12.8 Å². The lowest BCUT2D eigenvalue weighted by Gasteiger charge is -2.35. The smallest absolute Gasteiger partial charge is 0.246 e. The number of hydrogen-bond donors (Lipinski definition) is 0. The summed E-state index contributed by atoms with van der Waals surface area (Å²) in [5.74, 6) is 2.72. The normalized spacial score (nSPS) is 27.1. The number of hydrogen-bond acceptors (Lipinski definition) is 3. The minimum atomic E-state index is -0.210. The molecule has 20 heavy (non-hydrogen) atoms. The summed E-state index contributed by atoms with van der Waals surface area (Å²) in [5.41, 5.74) is 0. The predicted molar refractivity (Wildman–Crippen MR) is 80.3 cm³/mol. The Kier molecular flexibility index (Phi) is 4.24. The highest BCUT2D eigenvalue weighted by molar-refractivity contribution is 7.99. The first kappa shape index (κ1) is 14.2. The Morgan fingerprint density at radius 1 is 1.20 bits per heavy atom. The average molecular weight is 296 g/mol. The van der Waals surface area contributed by atoms with Crippen molar-refractivity contribution in [2.45, 2.75) is 44.6 Å². The predicted octanol–water partition coefficient (Wildman–Crippen LogP) is 1.95. The standard InChI is InChI=1S/C15H24N2O2S/c1-16(8-11-4-2-5-11)15(19)13-9-20-10-17(13)14(18)12-6-3-7-12/h11-13H,2-10H2,1H3/t13-/m1/s1. The summed E-state index contributed by atoms with van der Waals surface area (Å²) < 4.78 is 0. The number of nitrogens with zero attached hydrogens (tertiary/aromatic N) is 2. The van der Waals surface area contributed by atoms with E-state index in [1.807, 2.05) is 16.8 Å². The summed E-state index contributed by atoms with van der Waals surface area (Å²) >= 11 is 1.71. The molecule has 1 aliphatic heterocycles. The molecule has 1 heterocycles.